The molecule has 0 saturated heterocycles. The fraction of sp³-hybridized carbons (Fsp3) is 0.929. The van der Waals surface area contributed by atoms with Crippen molar-refractivity contribution in [2.45, 2.75) is 59.2 Å². The van der Waals surface area contributed by atoms with Crippen LogP contribution in [0.3, 0.4) is 0 Å². The minimum absolute atomic E-state index is 0. The molecule has 0 heterocycles. The van der Waals surface area contributed by atoms with Gasteiger partial charge in [-0.15, -0.1) is 6.54 Å². The molecule has 0 rings (SSSR count). The Labute approximate surface area is 128 Å². The first-order chi connectivity index (χ1) is 7.24. The van der Waals surface area contributed by atoms with E-state index >= 15 is 0 Å². The van der Waals surface area contributed by atoms with Crippen molar-refractivity contribution in [3.05, 3.63) is 12.4 Å². The summed E-state index contributed by atoms with van der Waals surface area (Å²) in [5.41, 5.74) is 0. The Bertz CT molecular complexity index is 187. The summed E-state index contributed by atoms with van der Waals surface area (Å²) < 4.78 is 0. The van der Waals surface area contributed by atoms with Crippen molar-refractivity contribution in [2.75, 3.05) is 26.2 Å². The van der Waals surface area contributed by atoms with E-state index < -0.39 is 8.24 Å². The summed E-state index contributed by atoms with van der Waals surface area (Å²) in [4.78, 5) is 7.45. The maximum atomic E-state index is 4.98. The van der Waals surface area contributed by atoms with Crippen molar-refractivity contribution in [3.63, 3.8) is 0 Å². The maximum Gasteiger partial charge on any atom is 3.00 e. The molecule has 0 N–H and O–H groups in total. The molecule has 0 fully saturated rings. The quantitative estimate of drug-likeness (QED) is 0.383. The van der Waals surface area contributed by atoms with E-state index in [1.165, 1.54) is 13.0 Å². The molecule has 0 saturated carbocycles. The van der Waals surface area contributed by atoms with Gasteiger partial charge in [0, 0.05) is 0 Å². The zero-order chi connectivity index (χ0) is 12.8. The molecule has 0 aromatic heterocycles. The van der Waals surface area contributed by atoms with Crippen LogP contribution in [0.25, 0.3) is 4.98 Å². The third-order valence-corrected chi connectivity index (χ3v) is 8.55. The molecule has 0 unspecified atom stereocenters. The minimum atomic E-state index is -1.39. The molecule has 4 heteroatoms. The fourth-order valence-electron chi connectivity index (χ4n) is 1.43. The Morgan fingerprint density at radius 2 is 1.50 bits per heavy atom. The van der Waals surface area contributed by atoms with E-state index in [0.717, 1.165) is 19.6 Å². The molecule has 0 aliphatic rings. The number of hydrogen-bond donors (Lipinski definition) is 0. The predicted octanol–water partition coefficient (Wildman–Crippen LogP) is 4.54. The van der Waals surface area contributed by atoms with Crippen molar-refractivity contribution in [2.24, 2.45) is 0 Å². The van der Waals surface area contributed by atoms with Gasteiger partial charge in [-0.1, -0.05) is 67.4 Å². The molecule has 0 atom stereocenters. The zero-order valence-corrected chi connectivity index (χ0v) is 15.8. The van der Waals surface area contributed by atoms with Gasteiger partial charge in [0.1, 0.15) is 0 Å². The molecule has 0 spiro atoms. The first-order valence-electron chi connectivity index (χ1n) is 6.65. The van der Waals surface area contributed by atoms with Crippen LogP contribution in [0.1, 0.15) is 41.0 Å². The van der Waals surface area contributed by atoms with E-state index in [1.807, 2.05) is 0 Å². The second-order valence-corrected chi connectivity index (χ2v) is 11.0. The second kappa shape index (κ2) is 10.4. The number of nitrogens with zero attached hydrogens (tertiary/aromatic N) is 2. The second-order valence-electron chi connectivity index (χ2n) is 6.07. The monoisotopic (exact) mass is 317 g/mol. The molecular weight excluding hydrogens is 283 g/mol. The molecule has 0 bridgehead atoms. The minimum Gasteiger partial charge on any atom is -0.664 e. The smallest absolute Gasteiger partial charge is 0.664 e. The summed E-state index contributed by atoms with van der Waals surface area (Å²) >= 11 is 0. The molecule has 0 amide bonds. The molecule has 0 aromatic carbocycles. The van der Waals surface area contributed by atoms with Crippen molar-refractivity contribution in [1.82, 2.24) is 4.90 Å². The van der Waals surface area contributed by atoms with Gasteiger partial charge in [-0.2, -0.15) is 0 Å². The van der Waals surface area contributed by atoms with E-state index in [9.17, 15) is 0 Å². The van der Waals surface area contributed by atoms with E-state index in [-0.39, 0.29) is 24.2 Å². The molecule has 18 heavy (non-hydrogen) atoms. The van der Waals surface area contributed by atoms with Gasteiger partial charge in [-0.05, 0) is 19.6 Å². The van der Waals surface area contributed by atoms with Gasteiger partial charge in [0.2, 0.25) is 0 Å². The van der Waals surface area contributed by atoms with Crippen LogP contribution in [-0.2, 0) is 16.8 Å². The maximum absolute atomic E-state index is 4.98. The van der Waals surface area contributed by atoms with Crippen LogP contribution in [-0.4, -0.2) is 39.3 Å². The summed E-state index contributed by atoms with van der Waals surface area (Å²) in [6.07, 6.45) is 1.22. The zero-order valence-electron chi connectivity index (χ0n) is 13.8. The van der Waals surface area contributed by atoms with Crippen LogP contribution in [0, 0.1) is 7.43 Å². The normalized spacial score (nSPS) is 12.0. The van der Waals surface area contributed by atoms with Crippen LogP contribution in [0.2, 0.25) is 18.1 Å². The molecule has 0 aliphatic heterocycles. The summed E-state index contributed by atoms with van der Waals surface area (Å²) in [7, 11) is -1.39. The van der Waals surface area contributed by atoms with E-state index in [0.29, 0.717) is 5.04 Å². The first-order valence-corrected chi connectivity index (χ1v) is 9.60. The Balaban J connectivity index is -0.00000112. The van der Waals surface area contributed by atoms with Crippen molar-refractivity contribution in [1.29, 1.82) is 0 Å². The molecule has 2 nitrogen and oxygen atoms in total. The van der Waals surface area contributed by atoms with Crippen LogP contribution < -0.4 is 0 Å². The van der Waals surface area contributed by atoms with Gasteiger partial charge >= 0.3 is 16.8 Å². The molecule has 112 valence electrons. The van der Waals surface area contributed by atoms with Crippen LogP contribution in [0.15, 0.2) is 0 Å². The Kier molecular flexibility index (Phi) is 13.7. The Morgan fingerprint density at radius 1 is 1.06 bits per heavy atom. The Hall–Kier alpha value is 0.643. The average Bonchev–Trinajstić information content (AvgIpc) is 2.16. The molecule has 0 aromatic rings. The average molecular weight is 317 g/mol. The van der Waals surface area contributed by atoms with Gasteiger partial charge < -0.3 is 17.3 Å². The molecule has 0 aliphatic carbocycles. The van der Waals surface area contributed by atoms with Crippen LogP contribution in [0.5, 0.6) is 0 Å². The fourth-order valence-corrected chi connectivity index (χ4v) is 2.62. The van der Waals surface area contributed by atoms with E-state index in [1.54, 1.807) is 0 Å². The predicted molar refractivity (Wildman–Crippen MR) is 84.2 cm³/mol. The Morgan fingerprint density at radius 3 is 1.83 bits per heavy atom. The van der Waals surface area contributed by atoms with E-state index in [4.69, 9.17) is 4.98 Å². The van der Waals surface area contributed by atoms with Crippen molar-refractivity contribution >= 4 is 8.24 Å². The largest absolute Gasteiger partial charge is 3.00 e. The SMILES string of the molecule is CCN(CC)CCC[N-][Si](C)(C)C(C)(C)C.[CH3-].[Co+3]. The van der Waals surface area contributed by atoms with Gasteiger partial charge in [-0.25, -0.2) is 0 Å². The van der Waals surface area contributed by atoms with Crippen molar-refractivity contribution in [3.8, 4) is 0 Å². The molecular formula is C14H34CoN2Si+. The first kappa shape index (κ1) is 23.7. The summed E-state index contributed by atoms with van der Waals surface area (Å²) in [6.45, 7) is 20.8. The van der Waals surface area contributed by atoms with Crippen molar-refractivity contribution < 1.29 is 16.8 Å². The van der Waals surface area contributed by atoms with Gasteiger partial charge in [0.25, 0.3) is 0 Å². The third kappa shape index (κ3) is 8.69. The summed E-state index contributed by atoms with van der Waals surface area (Å²) in [5, 5.41) is 0.391. The summed E-state index contributed by atoms with van der Waals surface area (Å²) in [6, 6.07) is 0. The number of rotatable bonds is 7. The third-order valence-electron chi connectivity index (χ3n) is 3.87. The number of hydrogen-bond acceptors (Lipinski definition) is 1. The standard InChI is InChI=1S/C13H31N2Si.CH3.Co/c1-8-15(9-2)12-10-11-14-16(6,7)13(3,4)5;;/h8-12H2,1-7H3;1H3;/q2*-1;+3. The van der Waals surface area contributed by atoms with Crippen LogP contribution >= 0.6 is 0 Å². The van der Waals surface area contributed by atoms with Gasteiger partial charge in [0.05, 0.1) is 0 Å². The topological polar surface area (TPSA) is 17.3 Å². The molecule has 0 radical (unpaired) electrons. The van der Waals surface area contributed by atoms with Crippen LogP contribution in [0.4, 0.5) is 0 Å². The summed E-state index contributed by atoms with van der Waals surface area (Å²) in [5.74, 6) is 0. The van der Waals surface area contributed by atoms with Gasteiger partial charge in [-0.3, -0.25) is 0 Å². The van der Waals surface area contributed by atoms with Gasteiger partial charge in [0.15, 0.2) is 0 Å². The van der Waals surface area contributed by atoms with E-state index in [2.05, 4.69) is 52.6 Å².